The Hall–Kier alpha value is -0.180. The first-order chi connectivity index (χ1) is 8.35. The van der Waals surface area contributed by atoms with Gasteiger partial charge in [-0.05, 0) is 32.4 Å². The normalized spacial score (nSPS) is 23.3. The van der Waals surface area contributed by atoms with Crippen molar-refractivity contribution in [1.82, 2.24) is 10.0 Å². The smallest absolute Gasteiger partial charge is 0.211 e. The molecule has 108 valence electrons. The minimum absolute atomic E-state index is 0.0419. The first-order valence-corrected chi connectivity index (χ1v) is 9.73. The van der Waals surface area contributed by atoms with Crippen LogP contribution >= 0.6 is 0 Å². The molecular weight excluding hydrogens is 276 g/mol. The zero-order valence-electron chi connectivity index (χ0n) is 10.7. The highest BCUT2D eigenvalue weighted by Crippen LogP contribution is 2.12. The van der Waals surface area contributed by atoms with Crippen LogP contribution in [-0.4, -0.2) is 53.2 Å². The molecule has 1 aliphatic heterocycles. The lowest BCUT2D eigenvalue weighted by Crippen LogP contribution is -2.37. The van der Waals surface area contributed by atoms with E-state index >= 15 is 0 Å². The summed E-state index contributed by atoms with van der Waals surface area (Å²) in [4.78, 5) is 0. The highest BCUT2D eigenvalue weighted by Gasteiger charge is 2.30. The molecule has 6 nitrogen and oxygen atoms in total. The van der Waals surface area contributed by atoms with Crippen molar-refractivity contribution < 1.29 is 16.8 Å². The topological polar surface area (TPSA) is 92.3 Å². The van der Waals surface area contributed by atoms with Crippen LogP contribution in [0.3, 0.4) is 0 Å². The zero-order chi connectivity index (χ0) is 13.6. The molecule has 1 fully saturated rings. The number of hydrogen-bond acceptors (Lipinski definition) is 5. The molecule has 1 heterocycles. The fourth-order valence-electron chi connectivity index (χ4n) is 1.89. The van der Waals surface area contributed by atoms with Crippen LogP contribution in [0.2, 0.25) is 0 Å². The largest absolute Gasteiger partial charge is 0.317 e. The van der Waals surface area contributed by atoms with E-state index in [1.54, 1.807) is 0 Å². The monoisotopic (exact) mass is 298 g/mol. The third-order valence-corrected chi connectivity index (χ3v) is 6.06. The summed E-state index contributed by atoms with van der Waals surface area (Å²) in [6.07, 6.45) is 1.94. The predicted molar refractivity (Wildman–Crippen MR) is 71.8 cm³/mol. The molecule has 0 bridgehead atoms. The average molecular weight is 298 g/mol. The van der Waals surface area contributed by atoms with Crippen LogP contribution < -0.4 is 10.0 Å². The Morgan fingerprint density at radius 3 is 2.56 bits per heavy atom. The van der Waals surface area contributed by atoms with Crippen molar-refractivity contribution >= 4 is 19.9 Å². The Balaban J connectivity index is 2.28. The molecule has 0 aromatic heterocycles. The first-order valence-electron chi connectivity index (χ1n) is 6.26. The van der Waals surface area contributed by atoms with Gasteiger partial charge in [-0.25, -0.2) is 21.6 Å². The van der Waals surface area contributed by atoms with E-state index in [1.807, 2.05) is 6.92 Å². The molecule has 0 radical (unpaired) electrons. The maximum Gasteiger partial charge on any atom is 0.211 e. The molecule has 1 atom stereocenters. The number of rotatable bonds is 8. The van der Waals surface area contributed by atoms with Gasteiger partial charge in [0, 0.05) is 6.04 Å². The first kappa shape index (κ1) is 15.9. The predicted octanol–water partition coefficient (Wildman–Crippen LogP) is -0.517. The minimum Gasteiger partial charge on any atom is -0.317 e. The van der Waals surface area contributed by atoms with E-state index in [1.165, 1.54) is 0 Å². The van der Waals surface area contributed by atoms with Crippen molar-refractivity contribution in [2.24, 2.45) is 0 Å². The molecule has 2 N–H and O–H groups in total. The van der Waals surface area contributed by atoms with Crippen LogP contribution in [0.4, 0.5) is 0 Å². The van der Waals surface area contributed by atoms with Gasteiger partial charge in [0.25, 0.3) is 0 Å². The van der Waals surface area contributed by atoms with Crippen LogP contribution in [0.5, 0.6) is 0 Å². The summed E-state index contributed by atoms with van der Waals surface area (Å²) in [7, 11) is -6.40. The van der Waals surface area contributed by atoms with E-state index in [9.17, 15) is 16.8 Å². The van der Waals surface area contributed by atoms with Crippen LogP contribution in [-0.2, 0) is 19.9 Å². The molecule has 0 saturated carbocycles. The van der Waals surface area contributed by atoms with Crippen molar-refractivity contribution in [2.45, 2.75) is 32.2 Å². The molecule has 1 saturated heterocycles. The van der Waals surface area contributed by atoms with Gasteiger partial charge in [-0.1, -0.05) is 6.92 Å². The summed E-state index contributed by atoms with van der Waals surface area (Å²) in [6.45, 7) is 3.60. The lowest BCUT2D eigenvalue weighted by atomic mass is 10.3. The number of sulfonamides is 1. The lowest BCUT2D eigenvalue weighted by molar-refractivity contribution is 0.557. The molecule has 8 heteroatoms. The van der Waals surface area contributed by atoms with Gasteiger partial charge in [-0.2, -0.15) is 0 Å². The Kier molecular flexibility index (Phi) is 6.03. The maximum atomic E-state index is 11.7. The van der Waals surface area contributed by atoms with E-state index < -0.39 is 25.9 Å². The van der Waals surface area contributed by atoms with E-state index in [0.717, 1.165) is 13.0 Å². The molecule has 0 spiro atoms. The fraction of sp³-hybridized carbons (Fsp3) is 1.00. The Labute approximate surface area is 110 Å². The molecule has 0 aromatic carbocycles. The second-order valence-corrected chi connectivity index (χ2v) is 8.74. The summed E-state index contributed by atoms with van der Waals surface area (Å²) < 4.78 is 48.3. The Morgan fingerprint density at radius 1 is 1.28 bits per heavy atom. The highest BCUT2D eigenvalue weighted by molar-refractivity contribution is 7.92. The number of hydrogen-bond donors (Lipinski definition) is 2. The van der Waals surface area contributed by atoms with E-state index in [4.69, 9.17) is 0 Å². The van der Waals surface area contributed by atoms with Gasteiger partial charge in [-0.3, -0.25) is 0 Å². The molecule has 1 rings (SSSR count). The van der Waals surface area contributed by atoms with Gasteiger partial charge >= 0.3 is 0 Å². The maximum absolute atomic E-state index is 11.7. The molecular formula is C10H22N2O4S2. The Bertz CT molecular complexity index is 444. The summed E-state index contributed by atoms with van der Waals surface area (Å²) in [6, 6.07) is -0.441. The van der Waals surface area contributed by atoms with Crippen LogP contribution in [0.1, 0.15) is 26.2 Å². The number of nitrogens with one attached hydrogen (secondary N) is 2. The van der Waals surface area contributed by atoms with Crippen LogP contribution in [0.25, 0.3) is 0 Å². The van der Waals surface area contributed by atoms with Crippen LogP contribution in [0.15, 0.2) is 0 Å². The highest BCUT2D eigenvalue weighted by atomic mass is 32.2. The van der Waals surface area contributed by atoms with Crippen molar-refractivity contribution in [2.75, 3.05) is 30.3 Å². The molecule has 0 aliphatic carbocycles. The van der Waals surface area contributed by atoms with Gasteiger partial charge in [0.1, 0.15) is 0 Å². The SMILES string of the molecule is CCCNCCCS(=O)(=O)NC1CCS(=O)(=O)C1. The van der Waals surface area contributed by atoms with Gasteiger partial charge in [-0.15, -0.1) is 0 Å². The molecule has 18 heavy (non-hydrogen) atoms. The van der Waals surface area contributed by atoms with Crippen molar-refractivity contribution in [3.05, 3.63) is 0 Å². The van der Waals surface area contributed by atoms with Crippen LogP contribution in [0, 0.1) is 0 Å². The van der Waals surface area contributed by atoms with Gasteiger partial charge in [0.05, 0.1) is 17.3 Å². The standard InChI is InChI=1S/C10H22N2O4S2/c1-2-5-11-6-3-7-18(15,16)12-10-4-8-17(13,14)9-10/h10-12H,2-9H2,1H3. The van der Waals surface area contributed by atoms with E-state index in [0.29, 0.717) is 19.4 Å². The van der Waals surface area contributed by atoms with Gasteiger partial charge < -0.3 is 5.32 Å². The quantitative estimate of drug-likeness (QED) is 0.588. The molecule has 0 amide bonds. The average Bonchev–Trinajstić information content (AvgIpc) is 2.56. The summed E-state index contributed by atoms with van der Waals surface area (Å²) in [5.74, 6) is 0.0544. The van der Waals surface area contributed by atoms with Crippen molar-refractivity contribution in [3.63, 3.8) is 0 Å². The third-order valence-electron chi connectivity index (χ3n) is 2.77. The third kappa shape index (κ3) is 6.12. The fourth-order valence-corrected chi connectivity index (χ4v) is 5.02. The van der Waals surface area contributed by atoms with Gasteiger partial charge in [0.15, 0.2) is 9.84 Å². The second-order valence-electron chi connectivity index (χ2n) is 4.64. The summed E-state index contributed by atoms with van der Waals surface area (Å²) in [5, 5.41) is 3.13. The minimum atomic E-state index is -3.36. The summed E-state index contributed by atoms with van der Waals surface area (Å²) in [5.41, 5.74) is 0. The second kappa shape index (κ2) is 6.83. The van der Waals surface area contributed by atoms with E-state index in [-0.39, 0.29) is 17.3 Å². The van der Waals surface area contributed by atoms with Crippen molar-refractivity contribution in [1.29, 1.82) is 0 Å². The lowest BCUT2D eigenvalue weighted by Gasteiger charge is -2.11. The van der Waals surface area contributed by atoms with E-state index in [2.05, 4.69) is 10.0 Å². The Morgan fingerprint density at radius 2 is 2.00 bits per heavy atom. The van der Waals surface area contributed by atoms with Gasteiger partial charge in [0.2, 0.25) is 10.0 Å². The molecule has 0 aromatic rings. The number of sulfone groups is 1. The zero-order valence-corrected chi connectivity index (χ0v) is 12.3. The summed E-state index contributed by atoms with van der Waals surface area (Å²) >= 11 is 0. The molecule has 1 aliphatic rings. The van der Waals surface area contributed by atoms with Crippen molar-refractivity contribution in [3.8, 4) is 0 Å². The molecule has 1 unspecified atom stereocenters.